The van der Waals surface area contributed by atoms with E-state index in [1.165, 1.54) is 92.1 Å². The first-order valence-electron chi connectivity index (χ1n) is 20.0. The molecule has 2 heterocycles. The summed E-state index contributed by atoms with van der Waals surface area (Å²) in [6.45, 7) is 0. The van der Waals surface area contributed by atoms with E-state index in [2.05, 4.69) is 176 Å². The van der Waals surface area contributed by atoms with E-state index < -0.39 is 0 Å². The summed E-state index contributed by atoms with van der Waals surface area (Å²) in [5.74, 6) is 0. The topological polar surface area (TPSA) is 26.3 Å². The smallest absolute Gasteiger partial charge is 0.136 e. The second-order valence-electron chi connectivity index (χ2n) is 15.9. The lowest BCUT2D eigenvalue weighted by atomic mass is 9.87. The van der Waals surface area contributed by atoms with Crippen LogP contribution in [0.1, 0.15) is 0 Å². The van der Waals surface area contributed by atoms with Crippen molar-refractivity contribution in [1.29, 1.82) is 0 Å². The van der Waals surface area contributed by atoms with Crippen LogP contribution in [-0.4, -0.2) is 0 Å². The maximum atomic E-state index is 6.49. The van der Waals surface area contributed by atoms with Crippen molar-refractivity contribution in [2.24, 2.45) is 0 Å². The third-order valence-corrected chi connectivity index (χ3v) is 13.0. The minimum Gasteiger partial charge on any atom is -0.456 e. The predicted molar refractivity (Wildman–Crippen MR) is 246 cm³/mol. The second kappa shape index (κ2) is 11.0. The zero-order valence-electron chi connectivity index (χ0n) is 31.1. The molecule has 58 heavy (non-hydrogen) atoms. The third-order valence-electron chi connectivity index (χ3n) is 13.0. The van der Waals surface area contributed by atoms with Gasteiger partial charge in [0, 0.05) is 21.5 Å². The normalized spacial score (nSPS) is 12.5. The van der Waals surface area contributed by atoms with Crippen LogP contribution in [0.5, 0.6) is 0 Å². The molecule has 0 fully saturated rings. The van der Waals surface area contributed by atoms with Gasteiger partial charge in [0.2, 0.25) is 0 Å². The van der Waals surface area contributed by atoms with Gasteiger partial charge in [-0.15, -0.1) is 0 Å². The molecule has 0 bridgehead atoms. The van der Waals surface area contributed by atoms with Gasteiger partial charge in [-0.2, -0.15) is 0 Å². The Morgan fingerprint density at radius 2 is 0.690 bits per heavy atom. The summed E-state index contributed by atoms with van der Waals surface area (Å²) in [5.41, 5.74) is 8.39. The fourth-order valence-electron chi connectivity index (χ4n) is 10.4. The number of furan rings is 2. The standard InChI is InChI=1S/C56H30O2/c1-2-11-37-36(10-1)45-26-32(18-21-38(45)46-29-50-39-12-3-4-17-51(39)58-54(50)30-47(37)46)33-19-24-52-48(27-33)49-28-34(20-25-53(49)57-52)35-22-23-44-42-14-6-9-31-8-5-13-41(55(31)42)43-16-7-15-40(35)56(43)44/h1-30H. The lowest BCUT2D eigenvalue weighted by Gasteiger charge is -2.16. The Bertz CT molecular complexity index is 4030. The molecule has 2 nitrogen and oxygen atoms in total. The van der Waals surface area contributed by atoms with Crippen molar-refractivity contribution in [3.05, 3.63) is 182 Å². The van der Waals surface area contributed by atoms with Gasteiger partial charge in [-0.1, -0.05) is 133 Å². The van der Waals surface area contributed by atoms with Gasteiger partial charge >= 0.3 is 0 Å². The van der Waals surface area contributed by atoms with Gasteiger partial charge in [-0.05, 0) is 146 Å². The average Bonchev–Trinajstić information content (AvgIpc) is 3.84. The van der Waals surface area contributed by atoms with E-state index >= 15 is 0 Å². The van der Waals surface area contributed by atoms with Gasteiger partial charge in [-0.25, -0.2) is 0 Å². The van der Waals surface area contributed by atoms with E-state index in [9.17, 15) is 0 Å². The molecule has 0 atom stereocenters. The minimum atomic E-state index is 0.895. The Balaban J connectivity index is 0.953. The van der Waals surface area contributed by atoms with Crippen LogP contribution in [0.15, 0.2) is 191 Å². The van der Waals surface area contributed by atoms with Crippen LogP contribution in [0.3, 0.4) is 0 Å². The molecule has 0 aliphatic heterocycles. The average molecular weight is 735 g/mol. The summed E-state index contributed by atoms with van der Waals surface area (Å²) in [7, 11) is 0. The molecule has 12 aromatic carbocycles. The molecule has 0 aliphatic carbocycles. The molecule has 0 spiro atoms. The minimum absolute atomic E-state index is 0.895. The van der Waals surface area contributed by atoms with Crippen LogP contribution >= 0.6 is 0 Å². The maximum Gasteiger partial charge on any atom is 0.136 e. The number of rotatable bonds is 2. The molecule has 0 unspecified atom stereocenters. The van der Waals surface area contributed by atoms with Crippen LogP contribution in [0, 0.1) is 0 Å². The largest absolute Gasteiger partial charge is 0.456 e. The lowest BCUT2D eigenvalue weighted by Crippen LogP contribution is -1.89. The summed E-state index contributed by atoms with van der Waals surface area (Å²) >= 11 is 0. The Kier molecular flexibility index (Phi) is 5.79. The fourth-order valence-corrected chi connectivity index (χ4v) is 10.4. The SMILES string of the molecule is c1ccc2c(c1)oc1cc3c4ccccc4c4cc(-c5ccc6oc7ccc(-c8ccc9c%10cccc%11cccc(c%12cccc8c%129)c%11%10)cc7c6c5)ccc4c3cc12. The highest BCUT2D eigenvalue weighted by Gasteiger charge is 2.18. The van der Waals surface area contributed by atoms with Crippen molar-refractivity contribution in [3.63, 3.8) is 0 Å². The first-order chi connectivity index (χ1) is 28.7. The van der Waals surface area contributed by atoms with Crippen LogP contribution in [-0.2, 0) is 0 Å². The Labute approximate surface area is 331 Å². The first kappa shape index (κ1) is 30.5. The summed E-state index contributed by atoms with van der Waals surface area (Å²) in [5, 5.41) is 22.4. The van der Waals surface area contributed by atoms with E-state index in [0.29, 0.717) is 0 Å². The lowest BCUT2D eigenvalue weighted by molar-refractivity contribution is 0.669. The maximum absolute atomic E-state index is 6.49. The molecule has 2 aromatic heterocycles. The molecule has 0 N–H and O–H groups in total. The van der Waals surface area contributed by atoms with Crippen molar-refractivity contribution >= 4 is 119 Å². The quantitative estimate of drug-likeness (QED) is 0.131. The number of benzene rings is 12. The van der Waals surface area contributed by atoms with Crippen LogP contribution in [0.25, 0.3) is 142 Å². The molecule has 14 aromatic rings. The Hall–Kier alpha value is -7.68. The molecular formula is C56H30O2. The van der Waals surface area contributed by atoms with Gasteiger partial charge in [0.1, 0.15) is 22.3 Å². The van der Waals surface area contributed by atoms with Crippen LogP contribution in [0.2, 0.25) is 0 Å². The van der Waals surface area contributed by atoms with E-state index in [0.717, 1.165) is 49.4 Å². The van der Waals surface area contributed by atoms with E-state index in [-0.39, 0.29) is 0 Å². The molecule has 266 valence electrons. The highest BCUT2D eigenvalue weighted by molar-refractivity contribution is 6.34. The summed E-state index contributed by atoms with van der Waals surface area (Å²) in [6.07, 6.45) is 0. The molecule has 2 heteroatoms. The fraction of sp³-hybridized carbons (Fsp3) is 0. The van der Waals surface area contributed by atoms with Gasteiger partial charge in [-0.3, -0.25) is 0 Å². The highest BCUT2D eigenvalue weighted by Crippen LogP contribution is 2.45. The number of para-hydroxylation sites is 1. The Morgan fingerprint density at radius 3 is 1.47 bits per heavy atom. The van der Waals surface area contributed by atoms with Gasteiger partial charge in [0.05, 0.1) is 0 Å². The Morgan fingerprint density at radius 1 is 0.224 bits per heavy atom. The molecular weight excluding hydrogens is 705 g/mol. The van der Waals surface area contributed by atoms with Gasteiger partial charge in [0.15, 0.2) is 0 Å². The van der Waals surface area contributed by atoms with Crippen molar-refractivity contribution in [2.75, 3.05) is 0 Å². The molecule has 0 aliphatic rings. The molecule has 0 amide bonds. The van der Waals surface area contributed by atoms with Gasteiger partial charge in [0.25, 0.3) is 0 Å². The van der Waals surface area contributed by atoms with Crippen molar-refractivity contribution in [1.82, 2.24) is 0 Å². The third kappa shape index (κ3) is 4.01. The van der Waals surface area contributed by atoms with Crippen molar-refractivity contribution < 1.29 is 8.83 Å². The van der Waals surface area contributed by atoms with Crippen LogP contribution < -0.4 is 0 Å². The predicted octanol–water partition coefficient (Wildman–Crippen LogP) is 16.3. The first-order valence-corrected chi connectivity index (χ1v) is 20.0. The van der Waals surface area contributed by atoms with Crippen LogP contribution in [0.4, 0.5) is 0 Å². The second-order valence-corrected chi connectivity index (χ2v) is 15.9. The van der Waals surface area contributed by atoms with E-state index in [4.69, 9.17) is 8.83 Å². The molecule has 0 radical (unpaired) electrons. The molecule has 14 rings (SSSR count). The van der Waals surface area contributed by atoms with Gasteiger partial charge < -0.3 is 8.83 Å². The number of hydrogen-bond acceptors (Lipinski definition) is 2. The zero-order chi connectivity index (χ0) is 37.6. The summed E-state index contributed by atoms with van der Waals surface area (Å²) in [6, 6.07) is 66.7. The summed E-state index contributed by atoms with van der Waals surface area (Å²) in [4.78, 5) is 0. The molecule has 0 saturated carbocycles. The molecule has 0 saturated heterocycles. The van der Waals surface area contributed by atoms with E-state index in [1.54, 1.807) is 0 Å². The van der Waals surface area contributed by atoms with E-state index in [1.807, 2.05) is 6.07 Å². The summed E-state index contributed by atoms with van der Waals surface area (Å²) < 4.78 is 12.8. The van der Waals surface area contributed by atoms with Crippen molar-refractivity contribution in [2.45, 2.75) is 0 Å². The number of hydrogen-bond donors (Lipinski definition) is 0. The number of fused-ring (bicyclic) bond motifs is 14. The zero-order valence-corrected chi connectivity index (χ0v) is 31.1. The monoisotopic (exact) mass is 734 g/mol. The highest BCUT2D eigenvalue weighted by atomic mass is 16.3. The van der Waals surface area contributed by atoms with Crippen molar-refractivity contribution in [3.8, 4) is 22.3 Å².